The van der Waals surface area contributed by atoms with Crippen molar-refractivity contribution in [2.24, 2.45) is 4.99 Å². The van der Waals surface area contributed by atoms with E-state index in [1.165, 1.54) is 0 Å². The molecule has 26 heavy (non-hydrogen) atoms. The Hall–Kier alpha value is -3.46. The highest BCUT2D eigenvalue weighted by Gasteiger charge is 2.25. The molecule has 0 saturated carbocycles. The van der Waals surface area contributed by atoms with E-state index in [1.54, 1.807) is 6.08 Å². The molecule has 1 aliphatic heterocycles. The zero-order valence-corrected chi connectivity index (χ0v) is 14.3. The van der Waals surface area contributed by atoms with Crippen LogP contribution in [0.3, 0.4) is 0 Å². The smallest absolute Gasteiger partial charge is 0.363 e. The van der Waals surface area contributed by atoms with Crippen molar-refractivity contribution in [3.05, 3.63) is 101 Å². The number of aliphatic imine (C=N–C) groups is 1. The normalized spacial score (nSPS) is 16.0. The van der Waals surface area contributed by atoms with Crippen LogP contribution < -0.4 is 0 Å². The molecule has 3 aromatic rings. The third kappa shape index (κ3) is 3.20. The number of carbonyl (C=O) groups excluding carboxylic acids is 1. The van der Waals surface area contributed by atoms with Crippen molar-refractivity contribution >= 4 is 28.7 Å². The second-order valence-electron chi connectivity index (χ2n) is 6.16. The number of fused-ring (bicyclic) bond motifs is 1. The predicted molar refractivity (Wildman–Crippen MR) is 105 cm³/mol. The van der Waals surface area contributed by atoms with Crippen LogP contribution >= 0.6 is 0 Å². The second-order valence-corrected chi connectivity index (χ2v) is 6.16. The zero-order valence-electron chi connectivity index (χ0n) is 14.3. The molecule has 0 amide bonds. The standard InChI is InChI=1S/C23H17NO2/c1-16(14-17-8-3-2-4-9-17)15-21-23(25)26-22(24-21)20-13-7-11-18-10-5-6-12-19(18)20/h2-15H,1H3/b16-14+,21-15?. The second kappa shape index (κ2) is 6.81. The monoisotopic (exact) mass is 339 g/mol. The highest BCUT2D eigenvalue weighted by atomic mass is 16.6. The maximum atomic E-state index is 12.2. The highest BCUT2D eigenvalue weighted by molar-refractivity contribution is 6.16. The third-order valence-corrected chi connectivity index (χ3v) is 4.20. The van der Waals surface area contributed by atoms with E-state index in [2.05, 4.69) is 4.99 Å². The van der Waals surface area contributed by atoms with Crippen LogP contribution in [0.2, 0.25) is 0 Å². The first kappa shape index (κ1) is 16.0. The first-order valence-electron chi connectivity index (χ1n) is 8.45. The van der Waals surface area contributed by atoms with Crippen LogP contribution in [-0.2, 0) is 9.53 Å². The summed E-state index contributed by atoms with van der Waals surface area (Å²) in [7, 11) is 0. The minimum absolute atomic E-state index is 0.317. The third-order valence-electron chi connectivity index (χ3n) is 4.20. The Kier molecular flexibility index (Phi) is 4.20. The van der Waals surface area contributed by atoms with Gasteiger partial charge < -0.3 is 4.74 Å². The first-order valence-corrected chi connectivity index (χ1v) is 8.45. The number of carbonyl (C=O) groups is 1. The molecule has 0 aliphatic carbocycles. The Bertz CT molecular complexity index is 1070. The number of allylic oxidation sites excluding steroid dienone is 2. The Morgan fingerprint density at radius 3 is 2.50 bits per heavy atom. The van der Waals surface area contributed by atoms with E-state index in [-0.39, 0.29) is 0 Å². The molecule has 3 nitrogen and oxygen atoms in total. The lowest BCUT2D eigenvalue weighted by molar-refractivity contribution is -0.130. The van der Waals surface area contributed by atoms with E-state index in [9.17, 15) is 4.79 Å². The molecule has 0 bridgehead atoms. The van der Waals surface area contributed by atoms with Crippen LogP contribution in [-0.4, -0.2) is 11.9 Å². The molecule has 0 fully saturated rings. The van der Waals surface area contributed by atoms with Crippen molar-refractivity contribution in [3.8, 4) is 0 Å². The van der Waals surface area contributed by atoms with Crippen molar-refractivity contribution < 1.29 is 9.53 Å². The van der Waals surface area contributed by atoms with Crippen LogP contribution in [0.15, 0.2) is 95.1 Å². The summed E-state index contributed by atoms with van der Waals surface area (Å²) in [5.74, 6) is -0.0701. The molecule has 0 radical (unpaired) electrons. The number of ether oxygens (including phenoxy) is 1. The van der Waals surface area contributed by atoms with E-state index in [1.807, 2.05) is 85.8 Å². The first-order chi connectivity index (χ1) is 12.7. The molecule has 0 saturated heterocycles. The average Bonchev–Trinajstić information content (AvgIpc) is 3.02. The lowest BCUT2D eigenvalue weighted by Crippen LogP contribution is -2.05. The minimum atomic E-state index is -0.422. The lowest BCUT2D eigenvalue weighted by Gasteiger charge is -2.04. The molecule has 0 aromatic heterocycles. The van der Waals surface area contributed by atoms with Crippen LogP contribution in [0.1, 0.15) is 18.1 Å². The molecule has 3 heteroatoms. The zero-order chi connectivity index (χ0) is 17.9. The Morgan fingerprint density at radius 1 is 0.923 bits per heavy atom. The van der Waals surface area contributed by atoms with Crippen molar-refractivity contribution in [1.82, 2.24) is 0 Å². The molecule has 3 aromatic carbocycles. The van der Waals surface area contributed by atoms with E-state index >= 15 is 0 Å². The van der Waals surface area contributed by atoms with Crippen molar-refractivity contribution in [3.63, 3.8) is 0 Å². The van der Waals surface area contributed by atoms with E-state index in [0.717, 1.165) is 27.5 Å². The van der Waals surface area contributed by atoms with Crippen molar-refractivity contribution in [2.75, 3.05) is 0 Å². The van der Waals surface area contributed by atoms with Crippen LogP contribution in [0.25, 0.3) is 16.8 Å². The van der Waals surface area contributed by atoms with Crippen LogP contribution in [0.5, 0.6) is 0 Å². The Morgan fingerprint density at radius 2 is 1.65 bits per heavy atom. The van der Waals surface area contributed by atoms with Gasteiger partial charge in [0.15, 0.2) is 5.70 Å². The fraction of sp³-hybridized carbons (Fsp3) is 0.0435. The molecular weight excluding hydrogens is 322 g/mol. The molecule has 126 valence electrons. The number of benzene rings is 3. The largest absolute Gasteiger partial charge is 0.402 e. The van der Waals surface area contributed by atoms with E-state index in [0.29, 0.717) is 11.6 Å². The fourth-order valence-corrected chi connectivity index (χ4v) is 3.01. The van der Waals surface area contributed by atoms with Crippen molar-refractivity contribution in [1.29, 1.82) is 0 Å². The number of hydrogen-bond donors (Lipinski definition) is 0. The molecular formula is C23H17NO2. The molecule has 0 N–H and O–H groups in total. The predicted octanol–water partition coefficient (Wildman–Crippen LogP) is 5.13. The van der Waals surface area contributed by atoms with Gasteiger partial charge in [0.2, 0.25) is 5.90 Å². The summed E-state index contributed by atoms with van der Waals surface area (Å²) < 4.78 is 5.43. The summed E-state index contributed by atoms with van der Waals surface area (Å²) in [4.78, 5) is 16.7. The minimum Gasteiger partial charge on any atom is -0.402 e. The van der Waals surface area contributed by atoms with Gasteiger partial charge in [-0.2, -0.15) is 0 Å². The fourth-order valence-electron chi connectivity index (χ4n) is 3.01. The van der Waals surface area contributed by atoms with E-state index in [4.69, 9.17) is 4.74 Å². The number of hydrogen-bond acceptors (Lipinski definition) is 3. The summed E-state index contributed by atoms with van der Waals surface area (Å²) in [6, 6.07) is 23.8. The van der Waals surface area contributed by atoms with Crippen LogP contribution in [0.4, 0.5) is 0 Å². The highest BCUT2D eigenvalue weighted by Crippen LogP contribution is 2.24. The van der Waals surface area contributed by atoms with Gasteiger partial charge >= 0.3 is 5.97 Å². The molecule has 1 heterocycles. The molecule has 0 spiro atoms. The topological polar surface area (TPSA) is 38.7 Å². The van der Waals surface area contributed by atoms with Gasteiger partial charge in [0.05, 0.1) is 0 Å². The number of cyclic esters (lactones) is 1. The summed E-state index contributed by atoms with van der Waals surface area (Å²) in [6.45, 7) is 1.94. The molecule has 4 rings (SSSR count). The lowest BCUT2D eigenvalue weighted by atomic mass is 10.0. The van der Waals surface area contributed by atoms with Gasteiger partial charge in [-0.15, -0.1) is 0 Å². The van der Waals surface area contributed by atoms with Gasteiger partial charge in [-0.3, -0.25) is 0 Å². The molecule has 0 unspecified atom stereocenters. The Balaban J connectivity index is 1.70. The quantitative estimate of drug-likeness (QED) is 0.490. The van der Waals surface area contributed by atoms with Gasteiger partial charge in [0.1, 0.15) is 0 Å². The maximum Gasteiger partial charge on any atom is 0.363 e. The maximum absolute atomic E-state index is 12.2. The van der Waals surface area contributed by atoms with Gasteiger partial charge in [-0.25, -0.2) is 9.79 Å². The van der Waals surface area contributed by atoms with Crippen LogP contribution in [0, 0.1) is 0 Å². The molecule has 1 aliphatic rings. The summed E-state index contributed by atoms with van der Waals surface area (Å²) in [5.41, 5.74) is 3.15. The summed E-state index contributed by atoms with van der Waals surface area (Å²) >= 11 is 0. The van der Waals surface area contributed by atoms with Crippen molar-refractivity contribution in [2.45, 2.75) is 6.92 Å². The SMILES string of the molecule is C/C(C=C1N=C(c2cccc3ccccc23)OC1=O)=C\c1ccccc1. The average molecular weight is 339 g/mol. The summed E-state index contributed by atoms with van der Waals surface area (Å²) in [5, 5.41) is 2.10. The molecule has 0 atom stereocenters. The van der Waals surface area contributed by atoms with Gasteiger partial charge in [0.25, 0.3) is 0 Å². The van der Waals surface area contributed by atoms with Gasteiger partial charge in [0, 0.05) is 5.56 Å². The number of rotatable bonds is 3. The van der Waals surface area contributed by atoms with E-state index < -0.39 is 5.97 Å². The summed E-state index contributed by atoms with van der Waals surface area (Å²) in [6.07, 6.45) is 3.76. The Labute approximate surface area is 152 Å². The number of nitrogens with zero attached hydrogens (tertiary/aromatic N) is 1. The van der Waals surface area contributed by atoms with Gasteiger partial charge in [-0.1, -0.05) is 72.8 Å². The van der Waals surface area contributed by atoms with Gasteiger partial charge in [-0.05, 0) is 41.0 Å². The number of esters is 1.